The Labute approximate surface area is 180 Å². The molecule has 1 amide bonds. The number of halogens is 2. The summed E-state index contributed by atoms with van der Waals surface area (Å²) in [4.78, 5) is 12.7. The van der Waals surface area contributed by atoms with Gasteiger partial charge in [0.15, 0.2) is 0 Å². The van der Waals surface area contributed by atoms with Gasteiger partial charge in [0.05, 0.1) is 17.1 Å². The van der Waals surface area contributed by atoms with Gasteiger partial charge in [0.1, 0.15) is 0 Å². The van der Waals surface area contributed by atoms with Crippen molar-refractivity contribution in [2.75, 3.05) is 30.3 Å². The second-order valence-electron chi connectivity index (χ2n) is 6.34. The Bertz CT molecular complexity index is 981. The third kappa shape index (κ3) is 6.16. The van der Waals surface area contributed by atoms with Crippen molar-refractivity contribution >= 4 is 39.1 Å². The van der Waals surface area contributed by atoms with Crippen LogP contribution in [-0.4, -0.2) is 44.0 Å². The highest BCUT2D eigenvalue weighted by atomic mass is 32.2. The molecular weight excluding hydrogens is 432 g/mol. The molecule has 2 rings (SSSR count). The van der Waals surface area contributed by atoms with E-state index in [0.717, 1.165) is 5.56 Å². The van der Waals surface area contributed by atoms with E-state index in [-0.39, 0.29) is 16.3 Å². The van der Waals surface area contributed by atoms with Crippen molar-refractivity contribution in [2.24, 2.45) is 0 Å². The average Bonchev–Trinajstić information content (AvgIpc) is 2.69. The van der Waals surface area contributed by atoms with Gasteiger partial charge in [0.25, 0.3) is 5.76 Å². The standard InChI is InChI=1S/C20H25F2N3O3S2/c1-4-25(5-2)30(27,28)15-11-10-14(3)17(12-15)23-13-19(26)24-16-8-6-7-9-18(16)29-20(21)22/h6-12,20,23H,4-5,13H2,1-3H3,(H,24,26). The van der Waals surface area contributed by atoms with Crippen molar-refractivity contribution < 1.29 is 22.0 Å². The van der Waals surface area contributed by atoms with Gasteiger partial charge in [-0.1, -0.05) is 43.8 Å². The number of thioether (sulfide) groups is 1. The molecule has 0 aliphatic heterocycles. The van der Waals surface area contributed by atoms with Gasteiger partial charge >= 0.3 is 0 Å². The second kappa shape index (κ2) is 10.7. The van der Waals surface area contributed by atoms with Gasteiger partial charge in [-0.3, -0.25) is 4.79 Å². The van der Waals surface area contributed by atoms with Crippen molar-refractivity contribution in [3.05, 3.63) is 48.0 Å². The molecule has 6 nitrogen and oxygen atoms in total. The zero-order chi connectivity index (χ0) is 22.3. The smallest absolute Gasteiger partial charge is 0.288 e. The summed E-state index contributed by atoms with van der Waals surface area (Å²) in [5.41, 5.74) is 1.58. The summed E-state index contributed by atoms with van der Waals surface area (Å²) in [6, 6.07) is 11.0. The number of para-hydroxylation sites is 1. The summed E-state index contributed by atoms with van der Waals surface area (Å²) in [6.45, 7) is 5.89. The fourth-order valence-corrected chi connectivity index (χ4v) is 4.88. The van der Waals surface area contributed by atoms with Gasteiger partial charge in [0, 0.05) is 23.7 Å². The first-order valence-corrected chi connectivity index (χ1v) is 11.7. The molecule has 0 unspecified atom stereocenters. The molecular formula is C20H25F2N3O3S2. The van der Waals surface area contributed by atoms with E-state index in [9.17, 15) is 22.0 Å². The van der Waals surface area contributed by atoms with Crippen molar-refractivity contribution in [1.29, 1.82) is 0 Å². The molecule has 2 N–H and O–H groups in total. The first kappa shape index (κ1) is 24.1. The molecule has 0 aliphatic carbocycles. The molecule has 2 aromatic rings. The summed E-state index contributed by atoms with van der Waals surface area (Å²) in [5, 5.41) is 5.54. The minimum Gasteiger partial charge on any atom is -0.376 e. The zero-order valence-electron chi connectivity index (χ0n) is 17.0. The minimum atomic E-state index is -3.63. The Kier molecular flexibility index (Phi) is 8.63. The van der Waals surface area contributed by atoms with E-state index in [1.54, 1.807) is 45.0 Å². The molecule has 30 heavy (non-hydrogen) atoms. The maximum absolute atomic E-state index is 12.7. The predicted octanol–water partition coefficient (Wildman–Crippen LogP) is 4.39. The summed E-state index contributed by atoms with van der Waals surface area (Å²) < 4.78 is 52.1. The van der Waals surface area contributed by atoms with Crippen LogP contribution in [0.3, 0.4) is 0 Å². The maximum atomic E-state index is 12.7. The molecule has 164 valence electrons. The Morgan fingerprint density at radius 2 is 1.77 bits per heavy atom. The Balaban J connectivity index is 2.12. The molecule has 0 saturated carbocycles. The molecule has 0 radical (unpaired) electrons. The van der Waals surface area contributed by atoms with E-state index in [1.807, 2.05) is 0 Å². The van der Waals surface area contributed by atoms with Gasteiger partial charge in [-0.05, 0) is 36.8 Å². The van der Waals surface area contributed by atoms with E-state index < -0.39 is 21.7 Å². The van der Waals surface area contributed by atoms with Crippen LogP contribution in [0, 0.1) is 6.92 Å². The summed E-state index contributed by atoms with van der Waals surface area (Å²) in [5.74, 6) is -3.03. The number of nitrogens with one attached hydrogen (secondary N) is 2. The first-order chi connectivity index (χ1) is 14.2. The Morgan fingerprint density at radius 3 is 2.40 bits per heavy atom. The number of hydrogen-bond donors (Lipinski definition) is 2. The third-order valence-electron chi connectivity index (χ3n) is 4.37. The van der Waals surface area contributed by atoms with Gasteiger partial charge in [-0.25, -0.2) is 8.42 Å². The number of alkyl halides is 2. The molecule has 2 aromatic carbocycles. The highest BCUT2D eigenvalue weighted by molar-refractivity contribution is 7.99. The number of sulfonamides is 1. The lowest BCUT2D eigenvalue weighted by Crippen LogP contribution is -2.30. The number of rotatable bonds is 10. The average molecular weight is 458 g/mol. The van der Waals surface area contributed by atoms with E-state index in [1.165, 1.54) is 22.5 Å². The van der Waals surface area contributed by atoms with Crippen LogP contribution in [0.25, 0.3) is 0 Å². The molecule has 0 bridgehead atoms. The number of carbonyl (C=O) groups is 1. The van der Waals surface area contributed by atoms with Gasteiger partial charge in [-0.15, -0.1) is 0 Å². The van der Waals surface area contributed by atoms with Crippen molar-refractivity contribution in [1.82, 2.24) is 4.31 Å². The molecule has 0 aliphatic rings. The van der Waals surface area contributed by atoms with Crippen LogP contribution in [0.1, 0.15) is 19.4 Å². The largest absolute Gasteiger partial charge is 0.376 e. The third-order valence-corrected chi connectivity index (χ3v) is 7.20. The Hall–Kier alpha value is -2.17. The number of carbonyl (C=O) groups excluding carboxylic acids is 1. The molecule has 10 heteroatoms. The first-order valence-electron chi connectivity index (χ1n) is 9.37. The van der Waals surface area contributed by atoms with Crippen molar-refractivity contribution in [3.63, 3.8) is 0 Å². The molecule has 0 fully saturated rings. The molecule has 0 saturated heterocycles. The predicted molar refractivity (Wildman–Crippen MR) is 117 cm³/mol. The number of benzene rings is 2. The Morgan fingerprint density at radius 1 is 1.10 bits per heavy atom. The fraction of sp³-hybridized carbons (Fsp3) is 0.350. The quantitative estimate of drug-likeness (QED) is 0.518. The molecule has 0 aromatic heterocycles. The molecule has 0 spiro atoms. The molecule has 0 heterocycles. The normalized spacial score (nSPS) is 11.7. The van der Waals surface area contributed by atoms with Crippen LogP contribution in [0.15, 0.2) is 52.3 Å². The topological polar surface area (TPSA) is 78.5 Å². The lowest BCUT2D eigenvalue weighted by Gasteiger charge is -2.19. The zero-order valence-corrected chi connectivity index (χ0v) is 18.6. The summed E-state index contributed by atoms with van der Waals surface area (Å²) in [6.07, 6.45) is 0. The molecule has 0 atom stereocenters. The number of amides is 1. The summed E-state index contributed by atoms with van der Waals surface area (Å²) in [7, 11) is -3.63. The van der Waals surface area contributed by atoms with Gasteiger partial charge < -0.3 is 10.6 Å². The maximum Gasteiger partial charge on any atom is 0.288 e. The highest BCUT2D eigenvalue weighted by Gasteiger charge is 2.22. The number of aryl methyl sites for hydroxylation is 1. The van der Waals surface area contributed by atoms with Crippen molar-refractivity contribution in [2.45, 2.75) is 36.3 Å². The minimum absolute atomic E-state index is 0.137. The van der Waals surface area contributed by atoms with Gasteiger partial charge in [-0.2, -0.15) is 13.1 Å². The lowest BCUT2D eigenvalue weighted by atomic mass is 10.2. The van der Waals surface area contributed by atoms with Crippen LogP contribution in [0.4, 0.5) is 20.2 Å². The van der Waals surface area contributed by atoms with E-state index in [2.05, 4.69) is 10.6 Å². The van der Waals surface area contributed by atoms with Crippen LogP contribution in [0.2, 0.25) is 0 Å². The lowest BCUT2D eigenvalue weighted by molar-refractivity contribution is -0.114. The summed E-state index contributed by atoms with van der Waals surface area (Å²) >= 11 is 0.356. The SMILES string of the molecule is CCN(CC)S(=O)(=O)c1ccc(C)c(NCC(=O)Nc2ccccc2SC(F)F)c1. The van der Waals surface area contributed by atoms with Crippen LogP contribution in [0.5, 0.6) is 0 Å². The second-order valence-corrected chi connectivity index (χ2v) is 9.31. The van der Waals surface area contributed by atoms with E-state index in [0.29, 0.717) is 36.2 Å². The number of hydrogen-bond acceptors (Lipinski definition) is 5. The number of nitrogens with zero attached hydrogens (tertiary/aromatic N) is 1. The van der Waals surface area contributed by atoms with Gasteiger partial charge in [0.2, 0.25) is 15.9 Å². The van der Waals surface area contributed by atoms with Crippen LogP contribution >= 0.6 is 11.8 Å². The van der Waals surface area contributed by atoms with E-state index in [4.69, 9.17) is 0 Å². The van der Waals surface area contributed by atoms with Crippen molar-refractivity contribution in [3.8, 4) is 0 Å². The monoisotopic (exact) mass is 457 g/mol. The van der Waals surface area contributed by atoms with Crippen LogP contribution in [-0.2, 0) is 14.8 Å². The van der Waals surface area contributed by atoms with E-state index >= 15 is 0 Å². The highest BCUT2D eigenvalue weighted by Crippen LogP contribution is 2.31. The van der Waals surface area contributed by atoms with Crippen LogP contribution < -0.4 is 10.6 Å². The number of anilines is 2. The fourth-order valence-electron chi connectivity index (χ4n) is 2.80.